The lowest BCUT2D eigenvalue weighted by atomic mass is 10.2. The first-order valence-corrected chi connectivity index (χ1v) is 9.75. The molecule has 0 fully saturated rings. The number of nitrogens with zero attached hydrogens (tertiary/aromatic N) is 3. The van der Waals surface area contributed by atoms with Gasteiger partial charge in [0.2, 0.25) is 0 Å². The molecule has 0 unspecified atom stereocenters. The zero-order valence-electron chi connectivity index (χ0n) is 12.7. The first kappa shape index (κ1) is 17.1. The van der Waals surface area contributed by atoms with E-state index in [1.807, 2.05) is 12.1 Å². The molecular formula is C15H14ClN3O3S2. The van der Waals surface area contributed by atoms with Crippen molar-refractivity contribution in [3.05, 3.63) is 52.6 Å². The fourth-order valence-corrected chi connectivity index (χ4v) is 4.63. The van der Waals surface area contributed by atoms with Gasteiger partial charge in [-0.05, 0) is 23.6 Å². The van der Waals surface area contributed by atoms with Gasteiger partial charge >= 0.3 is 0 Å². The highest BCUT2D eigenvalue weighted by Crippen LogP contribution is 2.26. The monoisotopic (exact) mass is 383 g/mol. The van der Waals surface area contributed by atoms with E-state index >= 15 is 0 Å². The van der Waals surface area contributed by atoms with Gasteiger partial charge in [0.15, 0.2) is 5.82 Å². The number of hydrogen-bond donors (Lipinski definition) is 0. The second-order valence-corrected chi connectivity index (χ2v) is 8.63. The maximum absolute atomic E-state index is 12.3. The molecule has 0 aliphatic heterocycles. The molecule has 3 rings (SSSR count). The summed E-state index contributed by atoms with van der Waals surface area (Å²) in [6.45, 7) is 0.252. The fourth-order valence-electron chi connectivity index (χ4n) is 2.04. The van der Waals surface area contributed by atoms with Crippen molar-refractivity contribution in [3.8, 4) is 11.5 Å². The molecule has 3 aromatic rings. The summed E-state index contributed by atoms with van der Waals surface area (Å²) in [5.74, 6) is 0.748. The maximum atomic E-state index is 12.3. The van der Waals surface area contributed by atoms with Gasteiger partial charge in [-0.3, -0.25) is 0 Å². The van der Waals surface area contributed by atoms with Crippen LogP contribution in [0.25, 0.3) is 11.5 Å². The first-order valence-electron chi connectivity index (χ1n) is 7.06. The van der Waals surface area contributed by atoms with Crippen molar-refractivity contribution in [2.75, 3.05) is 13.6 Å². The van der Waals surface area contributed by atoms with Crippen LogP contribution in [-0.2, 0) is 16.4 Å². The van der Waals surface area contributed by atoms with E-state index in [1.54, 1.807) is 29.6 Å². The predicted molar refractivity (Wildman–Crippen MR) is 92.6 cm³/mol. The van der Waals surface area contributed by atoms with E-state index in [-0.39, 0.29) is 6.54 Å². The zero-order valence-corrected chi connectivity index (χ0v) is 15.1. The van der Waals surface area contributed by atoms with Gasteiger partial charge in [0.05, 0.1) is 10.6 Å². The number of sulfonamides is 1. The molecule has 6 nitrogen and oxygen atoms in total. The third-order valence-electron chi connectivity index (χ3n) is 3.38. The fraction of sp³-hybridized carbons (Fsp3) is 0.200. The molecule has 0 aliphatic carbocycles. The Kier molecular flexibility index (Phi) is 5.00. The van der Waals surface area contributed by atoms with Crippen molar-refractivity contribution in [1.29, 1.82) is 0 Å². The van der Waals surface area contributed by atoms with Gasteiger partial charge in [0.1, 0.15) is 4.21 Å². The highest BCUT2D eigenvalue weighted by atomic mass is 35.5. The number of hydrogen-bond acceptors (Lipinski definition) is 6. The molecule has 0 radical (unpaired) electrons. The smallest absolute Gasteiger partial charge is 0.259 e. The number of aromatic nitrogens is 2. The Bertz CT molecular complexity index is 923. The van der Waals surface area contributed by atoms with Crippen LogP contribution in [0.5, 0.6) is 0 Å². The zero-order chi connectivity index (χ0) is 17.2. The molecule has 0 spiro atoms. The highest BCUT2D eigenvalue weighted by Gasteiger charge is 2.22. The molecule has 0 saturated carbocycles. The molecule has 0 N–H and O–H groups in total. The summed E-state index contributed by atoms with van der Waals surface area (Å²) in [5, 5.41) is 6.14. The van der Waals surface area contributed by atoms with Crippen LogP contribution < -0.4 is 0 Å². The van der Waals surface area contributed by atoms with E-state index in [0.717, 1.165) is 0 Å². The van der Waals surface area contributed by atoms with Crippen LogP contribution in [0, 0.1) is 0 Å². The van der Waals surface area contributed by atoms with Gasteiger partial charge in [0, 0.05) is 20.0 Å². The first-order chi connectivity index (χ1) is 11.5. The number of halogens is 1. The van der Waals surface area contributed by atoms with Gasteiger partial charge in [0.25, 0.3) is 15.9 Å². The topological polar surface area (TPSA) is 76.3 Å². The van der Waals surface area contributed by atoms with Gasteiger partial charge in [-0.1, -0.05) is 35.0 Å². The van der Waals surface area contributed by atoms with Gasteiger partial charge < -0.3 is 4.52 Å². The standard InChI is InChI=1S/C15H14ClN3O3S2/c1-19(24(20,21)14-7-4-10-23-14)9-8-13-17-15(22-18-13)11-5-2-3-6-12(11)16/h2-7,10H,8-9H2,1H3. The van der Waals surface area contributed by atoms with Crippen molar-refractivity contribution in [1.82, 2.24) is 14.4 Å². The van der Waals surface area contributed by atoms with Gasteiger partial charge in [-0.2, -0.15) is 9.29 Å². The second kappa shape index (κ2) is 7.02. The van der Waals surface area contributed by atoms with Crippen LogP contribution in [0.2, 0.25) is 5.02 Å². The molecule has 0 aliphatic rings. The van der Waals surface area contributed by atoms with Crippen LogP contribution >= 0.6 is 22.9 Å². The van der Waals surface area contributed by atoms with Crippen molar-refractivity contribution in [2.45, 2.75) is 10.6 Å². The Balaban J connectivity index is 1.69. The van der Waals surface area contributed by atoms with Crippen LogP contribution in [0.15, 0.2) is 50.5 Å². The van der Waals surface area contributed by atoms with Crippen molar-refractivity contribution >= 4 is 33.0 Å². The Labute approximate surface area is 148 Å². The Hall–Kier alpha value is -1.74. The maximum Gasteiger partial charge on any atom is 0.259 e. The molecule has 2 aromatic heterocycles. The summed E-state index contributed by atoms with van der Waals surface area (Å²) < 4.78 is 31.5. The van der Waals surface area contributed by atoms with Crippen molar-refractivity contribution < 1.29 is 12.9 Å². The van der Waals surface area contributed by atoms with Crippen LogP contribution in [0.4, 0.5) is 0 Å². The molecule has 9 heteroatoms. The Morgan fingerprint density at radius 3 is 2.75 bits per heavy atom. The van der Waals surface area contributed by atoms with Crippen LogP contribution in [0.3, 0.4) is 0 Å². The van der Waals surface area contributed by atoms with E-state index in [4.69, 9.17) is 16.1 Å². The van der Waals surface area contributed by atoms with Gasteiger partial charge in [-0.15, -0.1) is 11.3 Å². The molecule has 0 saturated heterocycles. The molecular weight excluding hydrogens is 370 g/mol. The van der Waals surface area contributed by atoms with E-state index in [1.165, 1.54) is 22.7 Å². The molecule has 0 atom stereocenters. The Morgan fingerprint density at radius 1 is 1.25 bits per heavy atom. The quantitative estimate of drug-likeness (QED) is 0.652. The van der Waals surface area contributed by atoms with Crippen molar-refractivity contribution in [3.63, 3.8) is 0 Å². The van der Waals surface area contributed by atoms with Crippen molar-refractivity contribution in [2.24, 2.45) is 0 Å². The number of rotatable bonds is 6. The summed E-state index contributed by atoms with van der Waals surface area (Å²) in [6, 6.07) is 10.5. The number of benzene rings is 1. The van der Waals surface area contributed by atoms with Gasteiger partial charge in [-0.25, -0.2) is 8.42 Å². The lowest BCUT2D eigenvalue weighted by molar-refractivity contribution is 0.415. The summed E-state index contributed by atoms with van der Waals surface area (Å²) in [5.41, 5.74) is 0.650. The summed E-state index contributed by atoms with van der Waals surface area (Å²) in [7, 11) is -1.94. The second-order valence-electron chi connectivity index (χ2n) is 5.00. The summed E-state index contributed by atoms with van der Waals surface area (Å²) in [4.78, 5) is 4.28. The minimum atomic E-state index is -3.47. The average Bonchev–Trinajstić information content (AvgIpc) is 3.25. The van der Waals surface area contributed by atoms with E-state index in [0.29, 0.717) is 32.9 Å². The average molecular weight is 384 g/mol. The van der Waals surface area contributed by atoms with E-state index < -0.39 is 10.0 Å². The normalized spacial score (nSPS) is 12.0. The SMILES string of the molecule is CN(CCc1noc(-c2ccccc2Cl)n1)S(=O)(=O)c1cccs1. The minimum absolute atomic E-state index is 0.252. The largest absolute Gasteiger partial charge is 0.334 e. The summed E-state index contributed by atoms with van der Waals surface area (Å²) >= 11 is 7.29. The molecule has 0 amide bonds. The molecule has 2 heterocycles. The third-order valence-corrected chi connectivity index (χ3v) is 6.94. The molecule has 1 aromatic carbocycles. The van der Waals surface area contributed by atoms with Crippen LogP contribution in [0.1, 0.15) is 5.82 Å². The third kappa shape index (κ3) is 3.51. The molecule has 0 bridgehead atoms. The lowest BCUT2D eigenvalue weighted by Gasteiger charge is -2.14. The molecule has 24 heavy (non-hydrogen) atoms. The van der Waals surface area contributed by atoms with E-state index in [2.05, 4.69) is 10.1 Å². The Morgan fingerprint density at radius 2 is 2.04 bits per heavy atom. The molecule has 126 valence electrons. The number of likely N-dealkylation sites (N-methyl/N-ethyl adjacent to an activating group) is 1. The van der Waals surface area contributed by atoms with Crippen LogP contribution in [-0.4, -0.2) is 36.5 Å². The number of thiophene rings is 1. The van der Waals surface area contributed by atoms with E-state index in [9.17, 15) is 8.42 Å². The minimum Gasteiger partial charge on any atom is -0.334 e. The highest BCUT2D eigenvalue weighted by molar-refractivity contribution is 7.91. The lowest BCUT2D eigenvalue weighted by Crippen LogP contribution is -2.28. The summed E-state index contributed by atoms with van der Waals surface area (Å²) in [6.07, 6.45) is 0.342. The predicted octanol–water partition coefficient (Wildman–Crippen LogP) is 3.31.